The first-order chi connectivity index (χ1) is 13.6. The fourth-order valence-corrected chi connectivity index (χ4v) is 4.24. The fourth-order valence-electron chi connectivity index (χ4n) is 3.44. The quantitative estimate of drug-likeness (QED) is 0.664. The lowest BCUT2D eigenvalue weighted by atomic mass is 9.98. The number of rotatable bonds is 5. The van der Waals surface area contributed by atoms with Gasteiger partial charge in [-0.25, -0.2) is 0 Å². The van der Waals surface area contributed by atoms with Crippen LogP contribution in [0.1, 0.15) is 43.6 Å². The van der Waals surface area contributed by atoms with Crippen molar-refractivity contribution >= 4 is 28.7 Å². The van der Waals surface area contributed by atoms with Crippen molar-refractivity contribution < 1.29 is 9.59 Å². The highest BCUT2D eigenvalue weighted by atomic mass is 32.1. The van der Waals surface area contributed by atoms with Gasteiger partial charge in [0.15, 0.2) is 5.78 Å². The van der Waals surface area contributed by atoms with E-state index in [1.54, 1.807) is 31.5 Å². The number of amides is 1. The number of aromatic nitrogens is 1. The van der Waals surface area contributed by atoms with Crippen LogP contribution >= 0.6 is 11.3 Å². The Morgan fingerprint density at radius 1 is 1.14 bits per heavy atom. The van der Waals surface area contributed by atoms with E-state index >= 15 is 0 Å². The third-order valence-electron chi connectivity index (χ3n) is 4.90. The van der Waals surface area contributed by atoms with Crippen molar-refractivity contribution in [1.82, 2.24) is 9.88 Å². The molecule has 4 rings (SSSR count). The molecule has 0 fully saturated rings. The molecule has 5 nitrogen and oxygen atoms in total. The van der Waals surface area contributed by atoms with Crippen LogP contribution in [0.5, 0.6) is 0 Å². The molecule has 0 saturated carbocycles. The molecular formula is C22H21N3O2S. The zero-order chi connectivity index (χ0) is 19.5. The monoisotopic (exact) mass is 391 g/mol. The highest BCUT2D eigenvalue weighted by molar-refractivity contribution is 7.12. The largest absolute Gasteiger partial charge is 0.322 e. The molecule has 1 N–H and O–H groups in total. The number of ketones is 1. The van der Waals surface area contributed by atoms with Crippen molar-refractivity contribution in [2.45, 2.75) is 26.4 Å². The molecule has 2 aromatic heterocycles. The fraction of sp³-hybridized carbons (Fsp3) is 0.227. The molecule has 3 heterocycles. The maximum absolute atomic E-state index is 12.4. The topological polar surface area (TPSA) is 62.3 Å². The zero-order valence-electron chi connectivity index (χ0n) is 15.6. The van der Waals surface area contributed by atoms with Crippen LogP contribution < -0.4 is 5.32 Å². The molecule has 28 heavy (non-hydrogen) atoms. The molecule has 1 aliphatic heterocycles. The molecular weight excluding hydrogens is 370 g/mol. The van der Waals surface area contributed by atoms with Crippen LogP contribution in [0.2, 0.25) is 0 Å². The van der Waals surface area contributed by atoms with Crippen LogP contribution in [0.4, 0.5) is 5.69 Å². The van der Waals surface area contributed by atoms with Crippen LogP contribution in [0.15, 0.2) is 54.2 Å². The summed E-state index contributed by atoms with van der Waals surface area (Å²) >= 11 is 1.51. The molecule has 1 amide bonds. The van der Waals surface area contributed by atoms with Gasteiger partial charge in [-0.2, -0.15) is 0 Å². The van der Waals surface area contributed by atoms with E-state index in [0.717, 1.165) is 36.6 Å². The van der Waals surface area contributed by atoms with Crippen molar-refractivity contribution in [2.75, 3.05) is 11.9 Å². The molecule has 0 radical (unpaired) electrons. The standard InChI is InChI=1S/C22H21N3O2S/c1-15(26)21-10-16(14-28-21)12-25-9-6-17-2-3-20(11-19(17)13-25)24-22(27)18-4-7-23-8-5-18/h2-5,7-8,10-11,14H,6,9,12-13H2,1H3,(H,24,27). The summed E-state index contributed by atoms with van der Waals surface area (Å²) in [6.45, 7) is 4.26. The van der Waals surface area contributed by atoms with Gasteiger partial charge < -0.3 is 5.32 Å². The summed E-state index contributed by atoms with van der Waals surface area (Å²) in [4.78, 5) is 31.0. The highest BCUT2D eigenvalue weighted by Gasteiger charge is 2.18. The molecule has 6 heteroatoms. The Balaban J connectivity index is 1.44. The minimum absolute atomic E-state index is 0.120. The second kappa shape index (κ2) is 8.04. The van der Waals surface area contributed by atoms with Crippen LogP contribution in [-0.2, 0) is 19.5 Å². The highest BCUT2D eigenvalue weighted by Crippen LogP contribution is 2.25. The van der Waals surface area contributed by atoms with Crippen LogP contribution in [0.25, 0.3) is 0 Å². The van der Waals surface area contributed by atoms with Crippen molar-refractivity contribution in [3.05, 3.63) is 81.3 Å². The van der Waals surface area contributed by atoms with E-state index in [9.17, 15) is 9.59 Å². The Morgan fingerprint density at radius 2 is 1.96 bits per heavy atom. The Kier molecular flexibility index (Phi) is 5.32. The Hall–Kier alpha value is -2.83. The third kappa shape index (κ3) is 4.18. The minimum atomic E-state index is -0.134. The van der Waals surface area contributed by atoms with Crippen LogP contribution in [-0.4, -0.2) is 28.1 Å². The van der Waals surface area contributed by atoms with Gasteiger partial charge in [0.05, 0.1) is 4.88 Å². The second-order valence-corrected chi connectivity index (χ2v) is 7.92. The number of pyridine rings is 1. The molecule has 0 unspecified atom stereocenters. The summed E-state index contributed by atoms with van der Waals surface area (Å²) in [5.41, 5.74) is 5.14. The lowest BCUT2D eigenvalue weighted by Crippen LogP contribution is -2.30. The molecule has 142 valence electrons. The van der Waals surface area contributed by atoms with E-state index in [1.807, 2.05) is 12.1 Å². The summed E-state index contributed by atoms with van der Waals surface area (Å²) in [6, 6.07) is 11.5. The van der Waals surface area contributed by atoms with Gasteiger partial charge in [-0.15, -0.1) is 11.3 Å². The van der Waals surface area contributed by atoms with Gasteiger partial charge in [0.1, 0.15) is 0 Å². The number of carbonyl (C=O) groups excluding carboxylic acids is 2. The average molecular weight is 391 g/mol. The van der Waals surface area contributed by atoms with Crippen molar-refractivity contribution in [2.24, 2.45) is 0 Å². The van der Waals surface area contributed by atoms with Gasteiger partial charge >= 0.3 is 0 Å². The van der Waals surface area contributed by atoms with Crippen LogP contribution in [0, 0.1) is 0 Å². The lowest BCUT2D eigenvalue weighted by molar-refractivity contribution is 0.101. The number of hydrogen-bond acceptors (Lipinski definition) is 5. The van der Waals surface area contributed by atoms with E-state index in [-0.39, 0.29) is 11.7 Å². The first-order valence-corrected chi connectivity index (χ1v) is 10.1. The predicted molar refractivity (Wildman–Crippen MR) is 111 cm³/mol. The Bertz CT molecular complexity index is 1010. The summed E-state index contributed by atoms with van der Waals surface area (Å²) in [5, 5.41) is 5.03. The number of carbonyl (C=O) groups is 2. The maximum atomic E-state index is 12.4. The van der Waals surface area contributed by atoms with Crippen molar-refractivity contribution in [1.29, 1.82) is 0 Å². The van der Waals surface area contributed by atoms with E-state index in [2.05, 4.69) is 32.7 Å². The van der Waals surface area contributed by atoms with Gasteiger partial charge in [0.25, 0.3) is 5.91 Å². The van der Waals surface area contributed by atoms with E-state index in [4.69, 9.17) is 0 Å². The molecule has 0 saturated heterocycles. The van der Waals surface area contributed by atoms with E-state index < -0.39 is 0 Å². The summed E-state index contributed by atoms with van der Waals surface area (Å²) in [5.74, 6) is -0.0140. The molecule has 1 aromatic carbocycles. The number of fused-ring (bicyclic) bond motifs is 1. The first-order valence-electron chi connectivity index (χ1n) is 9.22. The Morgan fingerprint density at radius 3 is 2.71 bits per heavy atom. The normalized spacial score (nSPS) is 13.8. The lowest BCUT2D eigenvalue weighted by Gasteiger charge is -2.29. The SMILES string of the molecule is CC(=O)c1cc(CN2CCc3ccc(NC(=O)c4ccncc4)cc3C2)cs1. The van der Waals surface area contributed by atoms with Gasteiger partial charge in [0.2, 0.25) is 0 Å². The average Bonchev–Trinajstić information content (AvgIpc) is 3.17. The number of benzene rings is 1. The third-order valence-corrected chi connectivity index (χ3v) is 5.98. The summed E-state index contributed by atoms with van der Waals surface area (Å²) < 4.78 is 0. The molecule has 1 aliphatic rings. The first kappa shape index (κ1) is 18.5. The Labute approximate surface area is 168 Å². The van der Waals surface area contributed by atoms with Gasteiger partial charge in [-0.1, -0.05) is 6.07 Å². The van der Waals surface area contributed by atoms with E-state index in [1.165, 1.54) is 28.0 Å². The van der Waals surface area contributed by atoms with Crippen molar-refractivity contribution in [3.63, 3.8) is 0 Å². The van der Waals surface area contributed by atoms with Gasteiger partial charge in [-0.05, 0) is 65.7 Å². The number of hydrogen-bond donors (Lipinski definition) is 1. The smallest absolute Gasteiger partial charge is 0.255 e. The maximum Gasteiger partial charge on any atom is 0.255 e. The van der Waals surface area contributed by atoms with Gasteiger partial charge in [0, 0.05) is 43.3 Å². The number of anilines is 1. The number of nitrogens with zero attached hydrogens (tertiary/aromatic N) is 2. The molecule has 0 atom stereocenters. The molecule has 0 aliphatic carbocycles. The van der Waals surface area contributed by atoms with E-state index in [0.29, 0.717) is 5.56 Å². The number of thiophene rings is 1. The molecule has 0 bridgehead atoms. The zero-order valence-corrected chi connectivity index (χ0v) is 16.5. The molecule has 0 spiro atoms. The second-order valence-electron chi connectivity index (χ2n) is 7.01. The predicted octanol–water partition coefficient (Wildman–Crippen LogP) is 4.16. The molecule has 3 aromatic rings. The summed E-state index contributed by atoms with van der Waals surface area (Å²) in [7, 11) is 0. The number of Topliss-reactive ketones (excluding diaryl/α,β-unsaturated/α-hetero) is 1. The summed E-state index contributed by atoms with van der Waals surface area (Å²) in [6.07, 6.45) is 4.21. The van der Waals surface area contributed by atoms with Crippen molar-refractivity contribution in [3.8, 4) is 0 Å². The minimum Gasteiger partial charge on any atom is -0.322 e. The number of nitrogens with one attached hydrogen (secondary N) is 1. The van der Waals surface area contributed by atoms with Crippen LogP contribution in [0.3, 0.4) is 0 Å². The van der Waals surface area contributed by atoms with Gasteiger partial charge in [-0.3, -0.25) is 19.5 Å².